The Hall–Kier alpha value is -3.24. The molecule has 4 rings (SSSR count). The molecule has 0 bridgehead atoms. The molecular formula is C26H28N2O2. The largest absolute Gasteiger partial charge is 0.497 e. The van der Waals surface area contributed by atoms with Crippen molar-refractivity contribution in [3.8, 4) is 11.5 Å². The van der Waals surface area contributed by atoms with Crippen molar-refractivity contribution < 1.29 is 9.47 Å². The molecule has 0 aliphatic rings. The van der Waals surface area contributed by atoms with Crippen molar-refractivity contribution in [3.63, 3.8) is 0 Å². The molecule has 0 amide bonds. The monoisotopic (exact) mass is 400 g/mol. The Morgan fingerprint density at radius 1 is 0.800 bits per heavy atom. The number of hydrogen-bond acceptors (Lipinski definition) is 3. The van der Waals surface area contributed by atoms with Gasteiger partial charge in [0.2, 0.25) is 0 Å². The second-order valence-corrected chi connectivity index (χ2v) is 7.50. The molecule has 0 aliphatic carbocycles. The van der Waals surface area contributed by atoms with Gasteiger partial charge in [-0.1, -0.05) is 60.7 Å². The van der Waals surface area contributed by atoms with E-state index in [-0.39, 0.29) is 0 Å². The number of fused-ring (bicyclic) bond motifs is 1. The molecule has 0 atom stereocenters. The van der Waals surface area contributed by atoms with Gasteiger partial charge in [-0.2, -0.15) is 0 Å². The van der Waals surface area contributed by atoms with Crippen LogP contribution in [0.15, 0.2) is 79.0 Å². The fourth-order valence-corrected chi connectivity index (χ4v) is 3.89. The zero-order chi connectivity index (χ0) is 20.8. The summed E-state index contributed by atoms with van der Waals surface area (Å²) in [5.41, 5.74) is 4.95. The lowest BCUT2D eigenvalue weighted by Gasteiger charge is -2.22. The maximum atomic E-state index is 5.55. The number of H-pyrrole nitrogens is 1. The molecule has 30 heavy (non-hydrogen) atoms. The maximum Gasteiger partial charge on any atom is 0.146 e. The van der Waals surface area contributed by atoms with E-state index in [1.165, 1.54) is 16.7 Å². The van der Waals surface area contributed by atoms with Crippen LogP contribution < -0.4 is 9.47 Å². The Balaban J connectivity index is 1.55. The highest BCUT2D eigenvalue weighted by Crippen LogP contribution is 2.32. The number of hydrogen-bond donors (Lipinski definition) is 1. The van der Waals surface area contributed by atoms with E-state index < -0.39 is 0 Å². The van der Waals surface area contributed by atoms with Gasteiger partial charge < -0.3 is 14.5 Å². The number of rotatable bonds is 9. The van der Waals surface area contributed by atoms with Crippen LogP contribution in [0.3, 0.4) is 0 Å². The zero-order valence-corrected chi connectivity index (χ0v) is 17.6. The van der Waals surface area contributed by atoms with Gasteiger partial charge in [-0.15, -0.1) is 0 Å². The van der Waals surface area contributed by atoms with Crippen LogP contribution in [0, 0.1) is 0 Å². The second kappa shape index (κ2) is 9.51. The summed E-state index contributed by atoms with van der Waals surface area (Å²) in [4.78, 5) is 5.88. The summed E-state index contributed by atoms with van der Waals surface area (Å²) in [6, 6.07) is 25.3. The zero-order valence-electron chi connectivity index (χ0n) is 17.6. The lowest BCUT2D eigenvalue weighted by molar-refractivity contribution is 0.260. The van der Waals surface area contributed by atoms with E-state index in [1.807, 2.05) is 6.07 Å². The quantitative estimate of drug-likeness (QED) is 0.407. The third-order valence-corrected chi connectivity index (χ3v) is 5.46. The minimum atomic E-state index is 0.807. The first-order chi connectivity index (χ1) is 14.8. The standard InChI is InChI=1S/C26H28N2O2/c1-29-23-15-24-22(17-27-26(24)25(16-23)30-2)13-14-28(18-20-9-5-3-6-10-20)19-21-11-7-4-8-12-21/h3-12,15-17,27H,13-14,18-19H2,1-2H3. The van der Waals surface area contributed by atoms with Gasteiger partial charge in [-0.25, -0.2) is 0 Å². The van der Waals surface area contributed by atoms with E-state index >= 15 is 0 Å². The highest BCUT2D eigenvalue weighted by molar-refractivity contribution is 5.90. The predicted octanol–water partition coefficient (Wildman–Crippen LogP) is 5.43. The van der Waals surface area contributed by atoms with Crippen molar-refractivity contribution >= 4 is 10.9 Å². The lowest BCUT2D eigenvalue weighted by Crippen LogP contribution is -2.25. The first-order valence-corrected chi connectivity index (χ1v) is 10.3. The molecule has 4 nitrogen and oxygen atoms in total. The Morgan fingerprint density at radius 2 is 1.43 bits per heavy atom. The van der Waals surface area contributed by atoms with E-state index in [0.29, 0.717) is 0 Å². The number of aromatic amines is 1. The maximum absolute atomic E-state index is 5.55. The first-order valence-electron chi connectivity index (χ1n) is 10.3. The smallest absolute Gasteiger partial charge is 0.146 e. The van der Waals surface area contributed by atoms with Crippen molar-refractivity contribution in [2.24, 2.45) is 0 Å². The number of ether oxygens (including phenoxy) is 2. The van der Waals surface area contributed by atoms with Crippen molar-refractivity contribution in [2.75, 3.05) is 20.8 Å². The molecule has 0 unspecified atom stereocenters. The topological polar surface area (TPSA) is 37.5 Å². The molecule has 0 saturated carbocycles. The van der Waals surface area contributed by atoms with Gasteiger partial charge in [0.1, 0.15) is 11.5 Å². The summed E-state index contributed by atoms with van der Waals surface area (Å²) in [5, 5.41) is 1.16. The molecule has 0 saturated heterocycles. The summed E-state index contributed by atoms with van der Waals surface area (Å²) >= 11 is 0. The van der Waals surface area contributed by atoms with E-state index in [9.17, 15) is 0 Å². The third kappa shape index (κ3) is 4.66. The number of methoxy groups -OCH3 is 2. The van der Waals surface area contributed by atoms with Gasteiger partial charge >= 0.3 is 0 Å². The molecular weight excluding hydrogens is 372 g/mol. The van der Waals surface area contributed by atoms with Crippen LogP contribution >= 0.6 is 0 Å². The van der Waals surface area contributed by atoms with Gasteiger partial charge in [-0.3, -0.25) is 4.90 Å². The number of nitrogens with zero attached hydrogens (tertiary/aromatic N) is 1. The van der Waals surface area contributed by atoms with Crippen molar-refractivity contribution in [3.05, 3.63) is 95.7 Å². The number of nitrogens with one attached hydrogen (secondary N) is 1. The van der Waals surface area contributed by atoms with E-state index in [2.05, 4.69) is 82.8 Å². The Bertz CT molecular complexity index is 1030. The molecule has 4 heteroatoms. The van der Waals surface area contributed by atoms with Crippen LogP contribution in [0.5, 0.6) is 11.5 Å². The fraction of sp³-hybridized carbons (Fsp3) is 0.231. The Morgan fingerprint density at radius 3 is 2.00 bits per heavy atom. The molecule has 0 fully saturated rings. The highest BCUT2D eigenvalue weighted by atomic mass is 16.5. The molecule has 0 aliphatic heterocycles. The average Bonchev–Trinajstić information content (AvgIpc) is 3.21. The van der Waals surface area contributed by atoms with Crippen molar-refractivity contribution in [2.45, 2.75) is 19.5 Å². The fourth-order valence-electron chi connectivity index (χ4n) is 3.89. The average molecular weight is 401 g/mol. The Labute approximate surface area is 178 Å². The van der Waals surface area contributed by atoms with Gasteiger partial charge in [-0.05, 0) is 29.2 Å². The predicted molar refractivity (Wildman–Crippen MR) is 122 cm³/mol. The normalized spacial score (nSPS) is 11.2. The first kappa shape index (κ1) is 20.0. The minimum absolute atomic E-state index is 0.807. The van der Waals surface area contributed by atoms with Gasteiger partial charge in [0, 0.05) is 37.3 Å². The molecule has 3 aromatic carbocycles. The summed E-state index contributed by atoms with van der Waals surface area (Å²) < 4.78 is 11.0. The molecule has 4 aromatic rings. The summed E-state index contributed by atoms with van der Waals surface area (Å²) in [7, 11) is 3.38. The van der Waals surface area contributed by atoms with Crippen LogP contribution in [0.4, 0.5) is 0 Å². The summed E-state index contributed by atoms with van der Waals surface area (Å²) in [6.07, 6.45) is 3.03. The van der Waals surface area contributed by atoms with Crippen LogP contribution in [0.25, 0.3) is 10.9 Å². The van der Waals surface area contributed by atoms with E-state index in [4.69, 9.17) is 9.47 Å². The van der Waals surface area contributed by atoms with E-state index in [1.54, 1.807) is 14.2 Å². The molecule has 1 N–H and O–H groups in total. The molecule has 0 spiro atoms. The van der Waals surface area contributed by atoms with Crippen LogP contribution in [-0.2, 0) is 19.5 Å². The van der Waals surface area contributed by atoms with Crippen LogP contribution in [0.1, 0.15) is 16.7 Å². The van der Waals surface area contributed by atoms with Gasteiger partial charge in [0.25, 0.3) is 0 Å². The highest BCUT2D eigenvalue weighted by Gasteiger charge is 2.13. The minimum Gasteiger partial charge on any atom is -0.497 e. The molecule has 1 heterocycles. The number of aromatic nitrogens is 1. The lowest BCUT2D eigenvalue weighted by atomic mass is 10.1. The third-order valence-electron chi connectivity index (χ3n) is 5.46. The van der Waals surface area contributed by atoms with Crippen LogP contribution in [0.2, 0.25) is 0 Å². The number of benzene rings is 3. The molecule has 1 aromatic heterocycles. The van der Waals surface area contributed by atoms with Crippen LogP contribution in [-0.4, -0.2) is 30.6 Å². The van der Waals surface area contributed by atoms with E-state index in [0.717, 1.165) is 48.5 Å². The Kier molecular flexibility index (Phi) is 6.35. The van der Waals surface area contributed by atoms with Crippen molar-refractivity contribution in [1.82, 2.24) is 9.88 Å². The SMILES string of the molecule is COc1cc(OC)c2[nH]cc(CCN(Cc3ccccc3)Cc3ccccc3)c2c1. The van der Waals surface area contributed by atoms with Crippen molar-refractivity contribution in [1.29, 1.82) is 0 Å². The molecule has 0 radical (unpaired) electrons. The van der Waals surface area contributed by atoms with Gasteiger partial charge in [0.05, 0.1) is 19.7 Å². The second-order valence-electron chi connectivity index (χ2n) is 7.50. The molecule has 154 valence electrons. The summed E-state index contributed by atoms with van der Waals surface area (Å²) in [5.74, 6) is 1.62. The van der Waals surface area contributed by atoms with Gasteiger partial charge in [0.15, 0.2) is 0 Å². The summed E-state index contributed by atoms with van der Waals surface area (Å²) in [6.45, 7) is 2.80.